The minimum Gasteiger partial charge on any atom is -0.475 e. The third-order valence-corrected chi connectivity index (χ3v) is 2.05. The number of aromatic nitrogens is 3. The van der Waals surface area contributed by atoms with E-state index in [-0.39, 0.29) is 5.82 Å². The van der Waals surface area contributed by atoms with Gasteiger partial charge in [-0.3, -0.25) is 4.57 Å². The SMILES string of the molecule is Cc1ccc(-n2cnnc2C(=O)O)cc1. The molecule has 0 unspecified atom stereocenters. The molecule has 5 heteroatoms. The number of hydrogen-bond acceptors (Lipinski definition) is 3. The van der Waals surface area contributed by atoms with E-state index in [4.69, 9.17) is 5.11 Å². The van der Waals surface area contributed by atoms with E-state index in [9.17, 15) is 4.79 Å². The van der Waals surface area contributed by atoms with Gasteiger partial charge >= 0.3 is 5.97 Å². The quantitative estimate of drug-likeness (QED) is 0.798. The zero-order valence-corrected chi connectivity index (χ0v) is 8.08. The highest BCUT2D eigenvalue weighted by Gasteiger charge is 2.12. The van der Waals surface area contributed by atoms with Gasteiger partial charge in [-0.25, -0.2) is 4.79 Å². The van der Waals surface area contributed by atoms with Crippen molar-refractivity contribution in [3.63, 3.8) is 0 Å². The molecular formula is C10H9N3O2. The Balaban J connectivity index is 2.49. The first-order valence-electron chi connectivity index (χ1n) is 4.39. The van der Waals surface area contributed by atoms with E-state index < -0.39 is 5.97 Å². The molecule has 0 radical (unpaired) electrons. The van der Waals surface area contributed by atoms with Crippen LogP contribution >= 0.6 is 0 Å². The second kappa shape index (κ2) is 3.53. The molecule has 5 nitrogen and oxygen atoms in total. The highest BCUT2D eigenvalue weighted by molar-refractivity contribution is 5.84. The summed E-state index contributed by atoms with van der Waals surface area (Å²) in [6.45, 7) is 1.97. The maximum atomic E-state index is 10.8. The Labute approximate surface area is 86.0 Å². The molecule has 76 valence electrons. The fraction of sp³-hybridized carbons (Fsp3) is 0.100. The van der Waals surface area contributed by atoms with Gasteiger partial charge in [-0.2, -0.15) is 0 Å². The molecule has 15 heavy (non-hydrogen) atoms. The first-order chi connectivity index (χ1) is 7.18. The first kappa shape index (κ1) is 9.39. The number of rotatable bonds is 2. The van der Waals surface area contributed by atoms with Crippen molar-refractivity contribution in [2.75, 3.05) is 0 Å². The molecule has 0 amide bonds. The van der Waals surface area contributed by atoms with Crippen molar-refractivity contribution in [2.24, 2.45) is 0 Å². The fourth-order valence-corrected chi connectivity index (χ4v) is 1.28. The van der Waals surface area contributed by atoms with E-state index in [1.807, 2.05) is 31.2 Å². The average molecular weight is 203 g/mol. The van der Waals surface area contributed by atoms with Crippen LogP contribution in [0.2, 0.25) is 0 Å². The molecular weight excluding hydrogens is 194 g/mol. The molecule has 0 atom stereocenters. The molecule has 2 rings (SSSR count). The molecule has 0 aliphatic rings. The van der Waals surface area contributed by atoms with Crippen LogP contribution in [-0.4, -0.2) is 25.8 Å². The molecule has 1 aromatic heterocycles. The van der Waals surface area contributed by atoms with Crippen LogP contribution in [0.1, 0.15) is 16.2 Å². The summed E-state index contributed by atoms with van der Waals surface area (Å²) in [5.41, 5.74) is 1.85. The monoisotopic (exact) mass is 203 g/mol. The van der Waals surface area contributed by atoms with Gasteiger partial charge < -0.3 is 5.11 Å². The summed E-state index contributed by atoms with van der Waals surface area (Å²) in [5, 5.41) is 15.9. The van der Waals surface area contributed by atoms with Gasteiger partial charge in [0.15, 0.2) is 0 Å². The van der Waals surface area contributed by atoms with Gasteiger partial charge in [-0.15, -0.1) is 10.2 Å². The van der Waals surface area contributed by atoms with E-state index in [1.165, 1.54) is 10.9 Å². The fourth-order valence-electron chi connectivity index (χ4n) is 1.28. The van der Waals surface area contributed by atoms with Crippen LogP contribution in [0.5, 0.6) is 0 Å². The summed E-state index contributed by atoms with van der Waals surface area (Å²) in [4.78, 5) is 10.8. The van der Waals surface area contributed by atoms with E-state index in [0.29, 0.717) is 0 Å². The smallest absolute Gasteiger partial charge is 0.374 e. The minimum atomic E-state index is -1.09. The molecule has 0 aliphatic carbocycles. The molecule has 1 N–H and O–H groups in total. The summed E-state index contributed by atoms with van der Waals surface area (Å²) in [5.74, 6) is -1.17. The molecule has 1 heterocycles. The lowest BCUT2D eigenvalue weighted by atomic mass is 10.2. The summed E-state index contributed by atoms with van der Waals surface area (Å²) < 4.78 is 1.43. The topological polar surface area (TPSA) is 68.0 Å². The summed E-state index contributed by atoms with van der Waals surface area (Å²) in [6.07, 6.45) is 1.38. The Hall–Kier alpha value is -2.17. The van der Waals surface area contributed by atoms with E-state index >= 15 is 0 Å². The Morgan fingerprint density at radius 1 is 1.33 bits per heavy atom. The van der Waals surface area contributed by atoms with Crippen molar-refractivity contribution in [1.29, 1.82) is 0 Å². The predicted molar refractivity (Wildman–Crippen MR) is 53.1 cm³/mol. The van der Waals surface area contributed by atoms with Gasteiger partial charge in [0.2, 0.25) is 5.82 Å². The molecule has 0 saturated heterocycles. The van der Waals surface area contributed by atoms with Gasteiger partial charge in [-0.05, 0) is 19.1 Å². The standard InChI is InChI=1S/C10H9N3O2/c1-7-2-4-8(5-3-7)13-6-11-12-9(13)10(14)15/h2-6H,1H3,(H,14,15). The number of carboxylic acid groups (broad SMARTS) is 1. The predicted octanol–water partition coefficient (Wildman–Crippen LogP) is 1.27. The van der Waals surface area contributed by atoms with E-state index in [2.05, 4.69) is 10.2 Å². The molecule has 0 bridgehead atoms. The summed E-state index contributed by atoms with van der Waals surface area (Å²) in [6, 6.07) is 7.46. The van der Waals surface area contributed by atoms with Crippen LogP contribution in [0.25, 0.3) is 5.69 Å². The van der Waals surface area contributed by atoms with Crippen LogP contribution in [-0.2, 0) is 0 Å². The second-order valence-electron chi connectivity index (χ2n) is 3.17. The Bertz CT molecular complexity index is 488. The number of aromatic carboxylic acids is 1. The van der Waals surface area contributed by atoms with Gasteiger partial charge in [0, 0.05) is 5.69 Å². The summed E-state index contributed by atoms with van der Waals surface area (Å²) in [7, 11) is 0. The largest absolute Gasteiger partial charge is 0.475 e. The summed E-state index contributed by atoms with van der Waals surface area (Å²) >= 11 is 0. The molecule has 0 spiro atoms. The third-order valence-electron chi connectivity index (χ3n) is 2.05. The zero-order chi connectivity index (χ0) is 10.8. The highest BCUT2D eigenvalue weighted by Crippen LogP contribution is 2.10. The lowest BCUT2D eigenvalue weighted by Crippen LogP contribution is -2.07. The van der Waals surface area contributed by atoms with Crippen LogP contribution in [0, 0.1) is 6.92 Å². The van der Waals surface area contributed by atoms with Crippen molar-refractivity contribution in [3.8, 4) is 5.69 Å². The molecule has 1 aromatic carbocycles. The Morgan fingerprint density at radius 2 is 2.00 bits per heavy atom. The Morgan fingerprint density at radius 3 is 2.60 bits per heavy atom. The van der Waals surface area contributed by atoms with Crippen LogP contribution in [0.15, 0.2) is 30.6 Å². The van der Waals surface area contributed by atoms with Gasteiger partial charge in [-0.1, -0.05) is 17.7 Å². The van der Waals surface area contributed by atoms with Crippen LogP contribution < -0.4 is 0 Å². The normalized spacial score (nSPS) is 10.2. The van der Waals surface area contributed by atoms with Crippen molar-refractivity contribution in [1.82, 2.24) is 14.8 Å². The average Bonchev–Trinajstić information content (AvgIpc) is 2.67. The lowest BCUT2D eigenvalue weighted by molar-refractivity contribution is 0.0681. The number of hydrogen-bond donors (Lipinski definition) is 1. The minimum absolute atomic E-state index is 0.0844. The third kappa shape index (κ3) is 1.71. The maximum Gasteiger partial charge on any atom is 0.374 e. The van der Waals surface area contributed by atoms with Crippen molar-refractivity contribution in [2.45, 2.75) is 6.92 Å². The first-order valence-corrected chi connectivity index (χ1v) is 4.39. The maximum absolute atomic E-state index is 10.8. The molecule has 0 fully saturated rings. The van der Waals surface area contributed by atoms with Crippen molar-refractivity contribution < 1.29 is 9.90 Å². The number of nitrogens with zero attached hydrogens (tertiary/aromatic N) is 3. The van der Waals surface area contributed by atoms with E-state index in [0.717, 1.165) is 11.3 Å². The number of aryl methyl sites for hydroxylation is 1. The van der Waals surface area contributed by atoms with Gasteiger partial charge in [0.05, 0.1) is 0 Å². The second-order valence-corrected chi connectivity index (χ2v) is 3.17. The number of carboxylic acids is 1. The van der Waals surface area contributed by atoms with Crippen molar-refractivity contribution >= 4 is 5.97 Å². The van der Waals surface area contributed by atoms with Crippen molar-refractivity contribution in [3.05, 3.63) is 42.0 Å². The molecule has 2 aromatic rings. The highest BCUT2D eigenvalue weighted by atomic mass is 16.4. The number of carbonyl (C=O) groups is 1. The zero-order valence-electron chi connectivity index (χ0n) is 8.08. The molecule has 0 aliphatic heterocycles. The lowest BCUT2D eigenvalue weighted by Gasteiger charge is -2.03. The van der Waals surface area contributed by atoms with Crippen LogP contribution in [0.3, 0.4) is 0 Å². The van der Waals surface area contributed by atoms with E-state index in [1.54, 1.807) is 0 Å². The van der Waals surface area contributed by atoms with Gasteiger partial charge in [0.25, 0.3) is 0 Å². The Kier molecular flexibility index (Phi) is 2.21. The van der Waals surface area contributed by atoms with Gasteiger partial charge in [0.1, 0.15) is 6.33 Å². The molecule has 0 saturated carbocycles. The number of benzene rings is 1. The van der Waals surface area contributed by atoms with Crippen LogP contribution in [0.4, 0.5) is 0 Å².